The van der Waals surface area contributed by atoms with Crippen molar-refractivity contribution in [1.82, 2.24) is 0 Å². The van der Waals surface area contributed by atoms with E-state index >= 15 is 0 Å². The summed E-state index contributed by atoms with van der Waals surface area (Å²) in [5, 5.41) is 0. The summed E-state index contributed by atoms with van der Waals surface area (Å²) in [7, 11) is 0. The maximum Gasteiger partial charge on any atom is -0.00544 e. The molecule has 0 heteroatoms. The molecule has 0 bridgehead atoms. The molecule has 0 amide bonds. The van der Waals surface area contributed by atoms with Crippen molar-refractivity contribution in [2.24, 2.45) is 0 Å². The molecule has 0 saturated heterocycles. The Morgan fingerprint density at radius 1 is 0.889 bits per heavy atom. The van der Waals surface area contributed by atoms with E-state index in [-0.39, 0.29) is 0 Å². The minimum absolute atomic E-state index is 1.10. The molecule has 0 aromatic heterocycles. The van der Waals surface area contributed by atoms with Crippen LogP contribution in [-0.2, 0) is 6.42 Å². The maximum atomic E-state index is 2.31. The monoisotopic (exact) mass is 234 g/mol. The molecule has 0 heterocycles. The number of fused-ring (bicyclic) bond motifs is 1. The van der Waals surface area contributed by atoms with Crippen LogP contribution in [-0.4, -0.2) is 0 Å². The fourth-order valence-electron chi connectivity index (χ4n) is 2.93. The second-order valence-electron chi connectivity index (χ2n) is 5.42. The smallest absolute Gasteiger partial charge is 0.00544 e. The largest absolute Gasteiger partial charge is 0.0683 e. The number of allylic oxidation sites excluding steroid dienone is 1. The molecule has 18 heavy (non-hydrogen) atoms. The van der Waals surface area contributed by atoms with Gasteiger partial charge in [0.1, 0.15) is 0 Å². The van der Waals surface area contributed by atoms with Crippen molar-refractivity contribution in [1.29, 1.82) is 0 Å². The molecule has 1 aliphatic rings. The van der Waals surface area contributed by atoms with Gasteiger partial charge in [-0.15, -0.1) is 0 Å². The second-order valence-corrected chi connectivity index (χ2v) is 5.42. The van der Waals surface area contributed by atoms with Crippen molar-refractivity contribution < 1.29 is 0 Å². The Morgan fingerprint density at radius 3 is 2.33 bits per heavy atom. The lowest BCUT2D eigenvalue weighted by atomic mass is 9.94. The number of rotatable bonds is 1. The van der Waals surface area contributed by atoms with Gasteiger partial charge in [-0.25, -0.2) is 0 Å². The first-order valence-electron chi connectivity index (χ1n) is 6.51. The van der Waals surface area contributed by atoms with Gasteiger partial charge in [-0.05, 0) is 49.4 Å². The molecular formula is C18H18. The Hall–Kier alpha value is -1.82. The van der Waals surface area contributed by atoms with E-state index in [0.717, 1.165) is 6.42 Å². The van der Waals surface area contributed by atoms with Crippen LogP contribution in [0.3, 0.4) is 0 Å². The molecule has 3 rings (SSSR count). The fraction of sp³-hybridized carbons (Fsp3) is 0.222. The maximum absolute atomic E-state index is 2.31. The summed E-state index contributed by atoms with van der Waals surface area (Å²) < 4.78 is 0. The summed E-state index contributed by atoms with van der Waals surface area (Å²) >= 11 is 0. The summed E-state index contributed by atoms with van der Waals surface area (Å²) in [6.45, 7) is 6.55. The molecule has 0 N–H and O–H groups in total. The topological polar surface area (TPSA) is 0 Å². The minimum atomic E-state index is 1.10. The highest BCUT2D eigenvalue weighted by Gasteiger charge is 2.14. The average Bonchev–Trinajstić information content (AvgIpc) is 2.67. The van der Waals surface area contributed by atoms with Gasteiger partial charge in [0.25, 0.3) is 0 Å². The quantitative estimate of drug-likeness (QED) is 0.656. The lowest BCUT2D eigenvalue weighted by Crippen LogP contribution is -1.90. The van der Waals surface area contributed by atoms with E-state index in [4.69, 9.17) is 0 Å². The van der Waals surface area contributed by atoms with Gasteiger partial charge >= 0.3 is 0 Å². The van der Waals surface area contributed by atoms with Crippen LogP contribution >= 0.6 is 0 Å². The van der Waals surface area contributed by atoms with Gasteiger partial charge in [0.05, 0.1) is 0 Å². The molecule has 0 aliphatic heterocycles. The van der Waals surface area contributed by atoms with E-state index < -0.39 is 0 Å². The van der Waals surface area contributed by atoms with Crippen LogP contribution in [0.15, 0.2) is 42.0 Å². The van der Waals surface area contributed by atoms with Gasteiger partial charge in [0.15, 0.2) is 0 Å². The predicted octanol–water partition coefficient (Wildman–Crippen LogP) is 4.93. The van der Waals surface area contributed by atoms with Gasteiger partial charge in [-0.2, -0.15) is 0 Å². The molecule has 0 saturated carbocycles. The first-order valence-corrected chi connectivity index (χ1v) is 6.51. The molecule has 0 radical (unpaired) electrons. The molecular weight excluding hydrogens is 216 g/mol. The van der Waals surface area contributed by atoms with Crippen LogP contribution in [0.1, 0.15) is 29.2 Å². The zero-order valence-electron chi connectivity index (χ0n) is 11.2. The van der Waals surface area contributed by atoms with E-state index in [9.17, 15) is 0 Å². The lowest BCUT2D eigenvalue weighted by molar-refractivity contribution is 1.20. The third-order valence-corrected chi connectivity index (χ3v) is 3.60. The third-order valence-electron chi connectivity index (χ3n) is 3.60. The van der Waals surface area contributed by atoms with Gasteiger partial charge < -0.3 is 0 Å². The third kappa shape index (κ3) is 1.88. The van der Waals surface area contributed by atoms with Gasteiger partial charge in [-0.1, -0.05) is 59.2 Å². The number of aryl methyl sites for hydroxylation is 2. The lowest BCUT2D eigenvalue weighted by Gasteiger charge is -2.11. The number of hydrogen-bond acceptors (Lipinski definition) is 0. The molecule has 0 nitrogen and oxygen atoms in total. The van der Waals surface area contributed by atoms with E-state index in [1.165, 1.54) is 39.0 Å². The highest BCUT2D eigenvalue weighted by atomic mass is 14.2. The Kier molecular flexibility index (Phi) is 2.59. The van der Waals surface area contributed by atoms with Crippen molar-refractivity contribution >= 4 is 6.08 Å². The summed E-state index contributed by atoms with van der Waals surface area (Å²) in [4.78, 5) is 0. The highest BCUT2D eigenvalue weighted by Crippen LogP contribution is 2.34. The molecule has 2 aromatic carbocycles. The van der Waals surface area contributed by atoms with Crippen LogP contribution < -0.4 is 0 Å². The Balaban J connectivity index is 2.17. The first-order chi connectivity index (χ1) is 8.63. The zero-order chi connectivity index (χ0) is 12.7. The van der Waals surface area contributed by atoms with Crippen molar-refractivity contribution in [3.8, 4) is 11.1 Å². The van der Waals surface area contributed by atoms with E-state index in [2.05, 4.69) is 63.2 Å². The van der Waals surface area contributed by atoms with E-state index in [1.54, 1.807) is 0 Å². The first kappa shape index (κ1) is 11.3. The molecule has 90 valence electrons. The minimum Gasteiger partial charge on any atom is -0.0683 e. The van der Waals surface area contributed by atoms with Gasteiger partial charge in [-0.3, -0.25) is 0 Å². The molecule has 0 atom stereocenters. The van der Waals surface area contributed by atoms with Crippen LogP contribution in [0.2, 0.25) is 0 Å². The zero-order valence-corrected chi connectivity index (χ0v) is 11.2. The van der Waals surface area contributed by atoms with Crippen LogP contribution in [0.5, 0.6) is 0 Å². The number of hydrogen-bond donors (Lipinski definition) is 0. The standard InChI is InChI=1S/C18H18/c1-12-7-13(2)10-16(9-12)17-6-4-5-15-8-14(3)11-18(15)17/h4-10H,11H2,1-3H3. The summed E-state index contributed by atoms with van der Waals surface area (Å²) in [5.41, 5.74) is 9.77. The summed E-state index contributed by atoms with van der Waals surface area (Å²) in [6, 6.07) is 13.4. The molecule has 1 aliphatic carbocycles. The van der Waals surface area contributed by atoms with Gasteiger partial charge in [0.2, 0.25) is 0 Å². The molecule has 2 aromatic rings. The van der Waals surface area contributed by atoms with Crippen molar-refractivity contribution in [2.45, 2.75) is 27.2 Å². The van der Waals surface area contributed by atoms with Crippen LogP contribution in [0, 0.1) is 13.8 Å². The fourth-order valence-corrected chi connectivity index (χ4v) is 2.93. The SMILES string of the molecule is CC1=Cc2cccc(-c3cc(C)cc(C)c3)c2C1. The molecule has 0 spiro atoms. The number of benzene rings is 2. The van der Waals surface area contributed by atoms with Crippen LogP contribution in [0.25, 0.3) is 17.2 Å². The molecule has 0 unspecified atom stereocenters. The predicted molar refractivity (Wildman–Crippen MR) is 78.7 cm³/mol. The Bertz CT molecular complexity index is 625. The summed E-state index contributed by atoms with van der Waals surface area (Å²) in [6.07, 6.45) is 3.40. The van der Waals surface area contributed by atoms with E-state index in [0.29, 0.717) is 0 Å². The normalized spacial score (nSPS) is 13.4. The van der Waals surface area contributed by atoms with E-state index in [1.807, 2.05) is 0 Å². The van der Waals surface area contributed by atoms with Crippen LogP contribution in [0.4, 0.5) is 0 Å². The molecule has 0 fully saturated rings. The average molecular weight is 234 g/mol. The van der Waals surface area contributed by atoms with Gasteiger partial charge in [0, 0.05) is 0 Å². The van der Waals surface area contributed by atoms with Crippen molar-refractivity contribution in [3.63, 3.8) is 0 Å². The second kappa shape index (κ2) is 4.13. The Labute approximate surface area is 109 Å². The van der Waals surface area contributed by atoms with Crippen molar-refractivity contribution in [2.75, 3.05) is 0 Å². The van der Waals surface area contributed by atoms with Crippen molar-refractivity contribution in [3.05, 3.63) is 64.2 Å². The summed E-state index contributed by atoms with van der Waals surface area (Å²) in [5.74, 6) is 0. The highest BCUT2D eigenvalue weighted by molar-refractivity contribution is 5.77. The Morgan fingerprint density at radius 2 is 1.61 bits per heavy atom.